The fourth-order valence-electron chi connectivity index (χ4n) is 3.54. The summed E-state index contributed by atoms with van der Waals surface area (Å²) in [6.45, 7) is 4.05. The van der Waals surface area contributed by atoms with Crippen LogP contribution in [0.2, 0.25) is 0 Å². The van der Waals surface area contributed by atoms with Gasteiger partial charge in [0.1, 0.15) is 11.7 Å². The third kappa shape index (κ3) is 14.2. The zero-order chi connectivity index (χ0) is 31.0. The van der Waals surface area contributed by atoms with E-state index in [9.17, 15) is 13.5 Å². The number of anilines is 1. The zero-order valence-electron chi connectivity index (χ0n) is 23.4. The van der Waals surface area contributed by atoms with Crippen molar-refractivity contribution in [2.45, 2.75) is 24.8 Å². The minimum absolute atomic E-state index is 0.0155. The van der Waals surface area contributed by atoms with Crippen molar-refractivity contribution in [2.24, 2.45) is 5.73 Å². The highest BCUT2D eigenvalue weighted by Gasteiger charge is 2.17. The molecule has 0 spiro atoms. The van der Waals surface area contributed by atoms with Gasteiger partial charge in [-0.2, -0.15) is 0 Å². The Balaban J connectivity index is 0.000000930. The van der Waals surface area contributed by atoms with Gasteiger partial charge in [-0.1, -0.05) is 36.4 Å². The smallest absolute Gasteiger partial charge is 0.300 e. The normalized spacial score (nSPS) is 11.4. The molecule has 0 saturated heterocycles. The van der Waals surface area contributed by atoms with Gasteiger partial charge in [0.2, 0.25) is 0 Å². The molecule has 0 aliphatic rings. The SMILES string of the molecule is CC(=O)O.CC(=O)O.CN(CCNCS(=O)(=O)c1cccc2ccccc12)CC(O)CNc1ccc(C(=N)N)cc1. The number of hydrogen-bond acceptors (Lipinski definition) is 9. The number of nitrogens with zero attached hydrogens (tertiary/aromatic N) is 1. The first kappa shape index (κ1) is 35.0. The van der Waals surface area contributed by atoms with E-state index in [-0.39, 0.29) is 11.7 Å². The summed E-state index contributed by atoms with van der Waals surface area (Å²) in [5.74, 6) is -1.79. The molecule has 3 rings (SSSR count). The van der Waals surface area contributed by atoms with E-state index in [1.807, 2.05) is 54.4 Å². The molecule has 0 bridgehead atoms. The highest BCUT2D eigenvalue weighted by molar-refractivity contribution is 7.91. The fourth-order valence-corrected chi connectivity index (χ4v) is 4.92. The molecule has 13 heteroatoms. The van der Waals surface area contributed by atoms with Crippen LogP contribution >= 0.6 is 0 Å². The molecule has 0 aromatic heterocycles. The van der Waals surface area contributed by atoms with Crippen molar-refractivity contribution in [1.29, 1.82) is 5.41 Å². The topological polar surface area (TPSA) is 206 Å². The number of carboxylic acids is 2. The number of fused-ring (bicyclic) bond motifs is 1. The minimum Gasteiger partial charge on any atom is -0.481 e. The first-order valence-corrected chi connectivity index (χ1v) is 14.2. The Morgan fingerprint density at radius 3 is 2.12 bits per heavy atom. The average Bonchev–Trinajstić information content (AvgIpc) is 2.89. The standard InChI is InChI=1S/C24H31N5O3S.2C2H4O2/c1-29(16-21(30)15-28-20-11-9-19(10-12-20)24(25)26)14-13-27-17-33(31,32)23-8-4-6-18-5-2-3-7-22(18)23;2*1-2(3)4/h2-12,21,27-28,30H,13-17H2,1H3,(H3,25,26);2*1H3,(H,3,4). The molecular weight excluding hydrogens is 550 g/mol. The first-order valence-electron chi connectivity index (χ1n) is 12.6. The maximum absolute atomic E-state index is 12.8. The number of carbonyl (C=O) groups is 2. The van der Waals surface area contributed by atoms with Gasteiger partial charge in [0.05, 0.1) is 11.0 Å². The number of nitrogens with one attached hydrogen (secondary N) is 3. The van der Waals surface area contributed by atoms with Crippen LogP contribution in [0.3, 0.4) is 0 Å². The lowest BCUT2D eigenvalue weighted by molar-refractivity contribution is -0.135. The summed E-state index contributed by atoms with van der Waals surface area (Å²) >= 11 is 0. The summed E-state index contributed by atoms with van der Waals surface area (Å²) in [4.78, 5) is 20.3. The third-order valence-corrected chi connectivity index (χ3v) is 6.92. The Labute approximate surface area is 240 Å². The van der Waals surface area contributed by atoms with E-state index in [0.717, 1.165) is 30.3 Å². The second kappa shape index (κ2) is 17.6. The van der Waals surface area contributed by atoms with Crippen LogP contribution in [0.5, 0.6) is 0 Å². The number of nitrogens with two attached hydrogens (primary N) is 1. The Kier molecular flexibility index (Phi) is 15.0. The van der Waals surface area contributed by atoms with Gasteiger partial charge in [0.25, 0.3) is 11.9 Å². The number of benzene rings is 3. The predicted molar refractivity (Wildman–Crippen MR) is 160 cm³/mol. The number of likely N-dealkylation sites (N-methyl/N-ethyl adjacent to an activating group) is 1. The summed E-state index contributed by atoms with van der Waals surface area (Å²) in [5, 5.41) is 40.3. The number of hydrogen-bond donors (Lipinski definition) is 7. The molecule has 0 aliphatic heterocycles. The summed E-state index contributed by atoms with van der Waals surface area (Å²) in [5.41, 5.74) is 6.93. The van der Waals surface area contributed by atoms with Crippen molar-refractivity contribution in [3.8, 4) is 0 Å². The van der Waals surface area contributed by atoms with Crippen LogP contribution in [0, 0.1) is 5.41 Å². The van der Waals surface area contributed by atoms with Gasteiger partial charge in [-0.3, -0.25) is 15.0 Å². The van der Waals surface area contributed by atoms with Crippen molar-refractivity contribution in [2.75, 3.05) is 44.4 Å². The number of carboxylic acid groups (broad SMARTS) is 2. The van der Waals surface area contributed by atoms with Crippen molar-refractivity contribution in [1.82, 2.24) is 10.2 Å². The maximum Gasteiger partial charge on any atom is 0.300 e. The van der Waals surface area contributed by atoms with Crippen molar-refractivity contribution >= 4 is 44.1 Å². The molecule has 8 N–H and O–H groups in total. The summed E-state index contributed by atoms with van der Waals surface area (Å²) in [6.07, 6.45) is -0.595. The Hall–Kier alpha value is -4.04. The van der Waals surface area contributed by atoms with Gasteiger partial charge < -0.3 is 36.6 Å². The Bertz CT molecular complexity index is 1360. The largest absolute Gasteiger partial charge is 0.481 e. The molecule has 3 aromatic rings. The van der Waals surface area contributed by atoms with E-state index in [1.54, 1.807) is 24.3 Å². The van der Waals surface area contributed by atoms with Gasteiger partial charge >= 0.3 is 0 Å². The van der Waals surface area contributed by atoms with Gasteiger partial charge in [-0.05, 0) is 42.8 Å². The van der Waals surface area contributed by atoms with Crippen molar-refractivity contribution < 1.29 is 33.3 Å². The number of aliphatic carboxylic acids is 2. The quantitative estimate of drug-likeness (QED) is 0.0924. The van der Waals surface area contributed by atoms with Gasteiger partial charge in [-0.25, -0.2) is 8.42 Å². The molecule has 1 atom stereocenters. The van der Waals surface area contributed by atoms with Gasteiger partial charge in [0.15, 0.2) is 9.84 Å². The van der Waals surface area contributed by atoms with E-state index in [4.69, 9.17) is 30.9 Å². The minimum atomic E-state index is -3.47. The van der Waals surface area contributed by atoms with Crippen LogP contribution in [-0.2, 0) is 19.4 Å². The average molecular weight is 590 g/mol. The molecule has 0 radical (unpaired) electrons. The van der Waals surface area contributed by atoms with E-state index in [0.29, 0.717) is 36.6 Å². The van der Waals surface area contributed by atoms with Gasteiger partial charge in [-0.15, -0.1) is 0 Å². The lowest BCUT2D eigenvalue weighted by Crippen LogP contribution is -2.38. The van der Waals surface area contributed by atoms with E-state index >= 15 is 0 Å². The maximum atomic E-state index is 12.8. The summed E-state index contributed by atoms with van der Waals surface area (Å²) in [6, 6.07) is 19.9. The van der Waals surface area contributed by atoms with E-state index in [1.165, 1.54) is 0 Å². The van der Waals surface area contributed by atoms with Crippen molar-refractivity contribution in [3.63, 3.8) is 0 Å². The molecule has 0 aliphatic carbocycles. The van der Waals surface area contributed by atoms with E-state index < -0.39 is 27.9 Å². The molecule has 12 nitrogen and oxygen atoms in total. The highest BCUT2D eigenvalue weighted by atomic mass is 32.2. The van der Waals surface area contributed by atoms with E-state index in [2.05, 4.69) is 10.6 Å². The third-order valence-electron chi connectivity index (χ3n) is 5.31. The second-order valence-corrected chi connectivity index (χ2v) is 11.0. The zero-order valence-corrected chi connectivity index (χ0v) is 24.2. The number of sulfone groups is 1. The van der Waals surface area contributed by atoms with Crippen LogP contribution in [0.15, 0.2) is 71.6 Å². The van der Waals surface area contributed by atoms with Crippen LogP contribution in [0.25, 0.3) is 10.8 Å². The van der Waals surface area contributed by atoms with Crippen LogP contribution < -0.4 is 16.4 Å². The van der Waals surface area contributed by atoms with Crippen LogP contribution in [0.4, 0.5) is 5.69 Å². The number of nitrogen functional groups attached to an aromatic ring is 1. The fraction of sp³-hybridized carbons (Fsp3) is 0.321. The molecule has 0 amide bonds. The number of aliphatic hydroxyl groups excluding tert-OH is 1. The lowest BCUT2D eigenvalue weighted by atomic mass is 10.1. The molecule has 0 saturated carbocycles. The molecule has 1 unspecified atom stereocenters. The molecule has 224 valence electrons. The summed E-state index contributed by atoms with van der Waals surface area (Å²) < 4.78 is 25.6. The van der Waals surface area contributed by atoms with Crippen molar-refractivity contribution in [3.05, 3.63) is 72.3 Å². The van der Waals surface area contributed by atoms with Crippen LogP contribution in [-0.4, -0.2) is 91.6 Å². The lowest BCUT2D eigenvalue weighted by Gasteiger charge is -2.21. The predicted octanol–water partition coefficient (Wildman–Crippen LogP) is 2.03. The first-order chi connectivity index (χ1) is 19.2. The molecule has 41 heavy (non-hydrogen) atoms. The highest BCUT2D eigenvalue weighted by Crippen LogP contribution is 2.23. The molecule has 0 heterocycles. The van der Waals surface area contributed by atoms with Gasteiger partial charge in [0, 0.05) is 56.7 Å². The Morgan fingerprint density at radius 1 is 0.976 bits per heavy atom. The number of aliphatic hydroxyl groups is 1. The summed E-state index contributed by atoms with van der Waals surface area (Å²) in [7, 11) is -1.59. The molecule has 3 aromatic carbocycles. The number of amidine groups is 1. The van der Waals surface area contributed by atoms with Crippen LogP contribution in [0.1, 0.15) is 19.4 Å². The second-order valence-electron chi connectivity index (χ2n) is 9.06. The number of rotatable bonds is 12. The monoisotopic (exact) mass is 589 g/mol. The molecule has 0 fully saturated rings. The molecular formula is C28H39N5O7S. The Morgan fingerprint density at radius 2 is 1.54 bits per heavy atom.